The summed E-state index contributed by atoms with van der Waals surface area (Å²) in [5, 5.41) is 0. The fraction of sp³-hybridized carbons (Fsp3) is 0.150. The van der Waals surface area contributed by atoms with Crippen molar-refractivity contribution < 1.29 is 17.6 Å². The zero-order valence-electron chi connectivity index (χ0n) is 13.8. The molecular weight excluding hydrogens is 344 g/mol. The third-order valence-corrected chi connectivity index (χ3v) is 4.45. The van der Waals surface area contributed by atoms with Crippen LogP contribution in [0.2, 0.25) is 0 Å². The molecule has 2 aromatic carbocycles. The summed E-state index contributed by atoms with van der Waals surface area (Å²) in [5.41, 5.74) is 2.39. The normalized spacial score (nSPS) is 13.7. The molecule has 0 aliphatic carbocycles. The Morgan fingerprint density at radius 2 is 1.77 bits per heavy atom. The highest BCUT2D eigenvalue weighted by Crippen LogP contribution is 2.30. The molecule has 1 aromatic heterocycles. The van der Waals surface area contributed by atoms with E-state index >= 15 is 0 Å². The van der Waals surface area contributed by atoms with Gasteiger partial charge in [-0.25, -0.2) is 17.6 Å². The predicted octanol–water partition coefficient (Wildman–Crippen LogP) is 5.22. The Hall–Kier alpha value is -2.89. The second-order valence-electron chi connectivity index (χ2n) is 6.28. The van der Waals surface area contributed by atoms with Gasteiger partial charge < -0.3 is 4.57 Å². The maximum atomic E-state index is 14.2. The van der Waals surface area contributed by atoms with Crippen LogP contribution >= 0.6 is 0 Å². The molecule has 6 heteroatoms. The maximum Gasteiger partial charge on any atom is 0.270 e. The van der Waals surface area contributed by atoms with Gasteiger partial charge in [0.05, 0.1) is 23.6 Å². The molecule has 0 amide bonds. The van der Waals surface area contributed by atoms with E-state index in [1.54, 1.807) is 35.0 Å². The summed E-state index contributed by atoms with van der Waals surface area (Å²) < 4.78 is 56.5. The molecule has 0 spiro atoms. The van der Waals surface area contributed by atoms with Gasteiger partial charge in [0, 0.05) is 35.9 Å². The van der Waals surface area contributed by atoms with Crippen LogP contribution in [-0.4, -0.2) is 10.3 Å². The van der Waals surface area contributed by atoms with Crippen LogP contribution in [0.25, 0.3) is 5.69 Å². The standard InChI is InChI=1S/C20H14F4N2/c1-20(23,24)13-6-4-12(5-7-13)19-17-3-2-8-26(17)18-10-14(21)9-16(22)15(18)11-25-19/h2-10H,11H2,1H3. The lowest BCUT2D eigenvalue weighted by Gasteiger charge is -2.13. The van der Waals surface area contributed by atoms with Gasteiger partial charge >= 0.3 is 0 Å². The molecule has 26 heavy (non-hydrogen) atoms. The molecule has 1 aliphatic rings. The van der Waals surface area contributed by atoms with E-state index < -0.39 is 17.6 Å². The monoisotopic (exact) mass is 358 g/mol. The zero-order valence-corrected chi connectivity index (χ0v) is 13.8. The SMILES string of the molecule is CC(F)(F)c1ccc(C2=NCc3c(F)cc(F)cc3-n3cccc32)cc1. The van der Waals surface area contributed by atoms with Crippen molar-refractivity contribution in [3.63, 3.8) is 0 Å². The van der Waals surface area contributed by atoms with Crippen LogP contribution in [0.3, 0.4) is 0 Å². The molecule has 0 unspecified atom stereocenters. The summed E-state index contributed by atoms with van der Waals surface area (Å²) in [4.78, 5) is 4.48. The molecule has 0 N–H and O–H groups in total. The highest BCUT2D eigenvalue weighted by molar-refractivity contribution is 6.12. The van der Waals surface area contributed by atoms with Crippen molar-refractivity contribution in [2.45, 2.75) is 19.4 Å². The van der Waals surface area contributed by atoms with E-state index in [0.717, 1.165) is 13.0 Å². The number of hydrogen-bond acceptors (Lipinski definition) is 1. The van der Waals surface area contributed by atoms with Crippen molar-refractivity contribution >= 4 is 5.71 Å². The lowest BCUT2D eigenvalue weighted by Crippen LogP contribution is -2.10. The lowest BCUT2D eigenvalue weighted by atomic mass is 10.0. The predicted molar refractivity (Wildman–Crippen MR) is 91.0 cm³/mol. The van der Waals surface area contributed by atoms with Gasteiger partial charge in [0.25, 0.3) is 5.92 Å². The van der Waals surface area contributed by atoms with Crippen LogP contribution < -0.4 is 0 Å². The second-order valence-corrected chi connectivity index (χ2v) is 6.28. The van der Waals surface area contributed by atoms with Gasteiger partial charge in [-0.05, 0) is 18.2 Å². The molecule has 0 fully saturated rings. The van der Waals surface area contributed by atoms with E-state index in [2.05, 4.69) is 4.99 Å². The summed E-state index contributed by atoms with van der Waals surface area (Å²) in [7, 11) is 0. The fourth-order valence-electron chi connectivity index (χ4n) is 3.14. The van der Waals surface area contributed by atoms with E-state index in [9.17, 15) is 17.6 Å². The first-order chi connectivity index (χ1) is 12.3. The summed E-state index contributed by atoms with van der Waals surface area (Å²) in [6, 6.07) is 11.5. The highest BCUT2D eigenvalue weighted by atomic mass is 19.3. The fourth-order valence-corrected chi connectivity index (χ4v) is 3.14. The summed E-state index contributed by atoms with van der Waals surface area (Å²) >= 11 is 0. The minimum Gasteiger partial charge on any atom is -0.315 e. The van der Waals surface area contributed by atoms with Crippen molar-refractivity contribution in [3.8, 4) is 5.69 Å². The highest BCUT2D eigenvalue weighted by Gasteiger charge is 2.25. The largest absolute Gasteiger partial charge is 0.315 e. The third-order valence-electron chi connectivity index (χ3n) is 4.45. The summed E-state index contributed by atoms with van der Waals surface area (Å²) in [6.07, 6.45) is 1.70. The van der Waals surface area contributed by atoms with Crippen LogP contribution in [0.5, 0.6) is 0 Å². The smallest absolute Gasteiger partial charge is 0.270 e. The lowest BCUT2D eigenvalue weighted by molar-refractivity contribution is 0.0175. The molecule has 132 valence electrons. The minimum atomic E-state index is -2.93. The van der Waals surface area contributed by atoms with Crippen LogP contribution in [0.15, 0.2) is 59.7 Å². The van der Waals surface area contributed by atoms with Gasteiger partial charge in [0.15, 0.2) is 0 Å². The van der Waals surface area contributed by atoms with Gasteiger partial charge in [-0.2, -0.15) is 0 Å². The van der Waals surface area contributed by atoms with Crippen LogP contribution in [0.1, 0.15) is 29.3 Å². The molecule has 0 radical (unpaired) electrons. The van der Waals surface area contributed by atoms with E-state index in [1.165, 1.54) is 18.2 Å². The van der Waals surface area contributed by atoms with E-state index in [-0.39, 0.29) is 17.7 Å². The first kappa shape index (κ1) is 16.6. The van der Waals surface area contributed by atoms with Gasteiger partial charge in [-0.3, -0.25) is 4.99 Å². The van der Waals surface area contributed by atoms with E-state index in [4.69, 9.17) is 0 Å². The van der Waals surface area contributed by atoms with Gasteiger partial charge in [-0.1, -0.05) is 24.3 Å². The molecule has 1 aliphatic heterocycles. The van der Waals surface area contributed by atoms with Crippen molar-refractivity contribution in [1.29, 1.82) is 0 Å². The molecule has 0 bridgehead atoms. The third kappa shape index (κ3) is 2.71. The van der Waals surface area contributed by atoms with Crippen molar-refractivity contribution in [2.75, 3.05) is 0 Å². The van der Waals surface area contributed by atoms with Crippen LogP contribution in [-0.2, 0) is 12.5 Å². The number of benzene rings is 2. The molecule has 4 rings (SSSR count). The Morgan fingerprint density at radius 3 is 2.46 bits per heavy atom. The second kappa shape index (κ2) is 5.83. The number of hydrogen-bond donors (Lipinski definition) is 0. The molecule has 0 saturated carbocycles. The van der Waals surface area contributed by atoms with Crippen molar-refractivity contribution in [1.82, 2.24) is 4.57 Å². The van der Waals surface area contributed by atoms with Crippen molar-refractivity contribution in [3.05, 3.63) is 88.7 Å². The number of aromatic nitrogens is 1. The van der Waals surface area contributed by atoms with Crippen molar-refractivity contribution in [2.24, 2.45) is 4.99 Å². The number of fused-ring (bicyclic) bond motifs is 3. The van der Waals surface area contributed by atoms with Gasteiger partial charge in [0.2, 0.25) is 0 Å². The number of rotatable bonds is 2. The van der Waals surface area contributed by atoms with Gasteiger partial charge in [0.1, 0.15) is 11.6 Å². The average molecular weight is 358 g/mol. The average Bonchev–Trinajstić information content (AvgIpc) is 2.99. The van der Waals surface area contributed by atoms with Crippen LogP contribution in [0.4, 0.5) is 17.6 Å². The number of halogens is 4. The Balaban J connectivity index is 1.85. The molecule has 2 nitrogen and oxygen atoms in total. The minimum absolute atomic E-state index is 0.0319. The first-order valence-electron chi connectivity index (χ1n) is 8.04. The Labute approximate surface area is 147 Å². The summed E-state index contributed by atoms with van der Waals surface area (Å²) in [6.45, 7) is 0.869. The number of aliphatic imine (C=N–C) groups is 1. The van der Waals surface area contributed by atoms with Crippen LogP contribution in [0, 0.1) is 11.6 Å². The topological polar surface area (TPSA) is 17.3 Å². The molecular formula is C20H14F4N2. The summed E-state index contributed by atoms with van der Waals surface area (Å²) in [5.74, 6) is -4.26. The molecule has 0 saturated heterocycles. The Bertz CT molecular complexity index is 1010. The van der Waals surface area contributed by atoms with E-state index in [1.807, 2.05) is 0 Å². The van der Waals surface area contributed by atoms with Gasteiger partial charge in [-0.15, -0.1) is 0 Å². The molecule has 3 aromatic rings. The number of alkyl halides is 2. The quantitative estimate of drug-likeness (QED) is 0.559. The Morgan fingerprint density at radius 1 is 1.04 bits per heavy atom. The number of nitrogens with zero attached hydrogens (tertiary/aromatic N) is 2. The maximum absolute atomic E-state index is 14.2. The Kier molecular flexibility index (Phi) is 3.72. The first-order valence-corrected chi connectivity index (χ1v) is 8.04. The molecule has 2 heterocycles. The van der Waals surface area contributed by atoms with E-state index in [0.29, 0.717) is 22.7 Å². The molecule has 0 atom stereocenters. The zero-order chi connectivity index (χ0) is 18.5.